The second kappa shape index (κ2) is 10.0. The molecule has 2 heterocycles. The van der Waals surface area contributed by atoms with Gasteiger partial charge in [-0.2, -0.15) is 8.42 Å². The molecule has 2 aliphatic rings. The standard InChI is InChI=1S/C24H24N2O7S2.Sn/c1-35(31,32)33-17-7-5-15(11-17)9-10-26-24(30)19-4-2-3-18(23(19)34-26)21(14-28)25-20-8-6-16(13-27)12-22(20)29;/h2-4,6,12,15,17,27,29H,5,7,9-11,13H2,1H3;/t15?,17-;/m1./s1. The summed E-state index contributed by atoms with van der Waals surface area (Å²) in [5.41, 5.74) is 1.67. The Balaban J connectivity index is 1.42. The third-order valence-corrected chi connectivity index (χ3v) is 11.5. The van der Waals surface area contributed by atoms with E-state index in [1.807, 2.05) is 0 Å². The van der Waals surface area contributed by atoms with Crippen LogP contribution in [0, 0.1) is 5.92 Å². The first kappa shape index (κ1) is 25.6. The summed E-state index contributed by atoms with van der Waals surface area (Å²) in [6.07, 6.45) is 3.67. The van der Waals surface area contributed by atoms with E-state index in [-0.39, 0.29) is 39.4 Å². The van der Waals surface area contributed by atoms with Crippen LogP contribution in [0.4, 0.5) is 5.69 Å². The Morgan fingerprint density at radius 3 is 2.81 bits per heavy atom. The van der Waals surface area contributed by atoms with Crippen LogP contribution in [0.15, 0.2) is 40.1 Å². The van der Waals surface area contributed by atoms with Crippen LogP contribution >= 0.6 is 11.5 Å². The molecule has 0 bridgehead atoms. The number of phenols is 1. The van der Waals surface area contributed by atoms with E-state index in [1.165, 1.54) is 17.6 Å². The molecule has 1 unspecified atom stereocenters. The van der Waals surface area contributed by atoms with Crippen molar-refractivity contribution in [3.63, 3.8) is 0 Å². The van der Waals surface area contributed by atoms with E-state index in [4.69, 9.17) is 4.18 Å². The van der Waals surface area contributed by atoms with E-state index in [0.717, 1.165) is 22.7 Å². The summed E-state index contributed by atoms with van der Waals surface area (Å²) in [5, 5.41) is 20.4. The molecular weight excluding hydrogens is 611 g/mol. The Bertz CT molecular complexity index is 1560. The molecule has 9 nitrogen and oxygen atoms in total. The van der Waals surface area contributed by atoms with Gasteiger partial charge in [0.1, 0.15) is 0 Å². The number of fused-ring (bicyclic) bond motifs is 2. The van der Waals surface area contributed by atoms with Crippen LogP contribution in [-0.2, 0) is 32.2 Å². The van der Waals surface area contributed by atoms with Crippen molar-refractivity contribution in [1.82, 2.24) is 3.96 Å². The maximum atomic E-state index is 13.1. The van der Waals surface area contributed by atoms with Gasteiger partial charge < -0.3 is 0 Å². The van der Waals surface area contributed by atoms with Crippen LogP contribution in [0.2, 0.25) is 0 Å². The monoisotopic (exact) mass is 636 g/mol. The average molecular weight is 635 g/mol. The molecule has 2 radical (unpaired) electrons. The third-order valence-electron chi connectivity index (χ3n) is 6.49. The molecule has 1 aliphatic carbocycles. The Hall–Kier alpha value is -2.06. The Morgan fingerprint density at radius 2 is 2.06 bits per heavy atom. The molecule has 1 saturated carbocycles. The normalized spacial score (nSPS) is 20.1. The molecule has 0 amide bonds. The number of aromatic nitrogens is 1. The number of aliphatic hydroxyl groups excluding tert-OH is 1. The zero-order valence-corrected chi connectivity index (χ0v) is 23.9. The van der Waals surface area contributed by atoms with E-state index < -0.39 is 31.3 Å². The number of hydrogen-bond donors (Lipinski definition) is 2. The molecule has 0 spiro atoms. The minimum atomic E-state index is -3.48. The van der Waals surface area contributed by atoms with Crippen LogP contribution in [0.1, 0.15) is 36.8 Å². The molecule has 2 aromatic carbocycles. The van der Waals surface area contributed by atoms with E-state index >= 15 is 0 Å². The maximum absolute atomic E-state index is 13.1. The molecule has 1 fully saturated rings. The number of rotatable bonds is 7. The SMILES string of the molecule is CS(=O)(=O)O[C@@H]1CCC(CCn2sc3c(C4=Nc5c(O)cc(CO)c[c]5[Sn][C]4=O)cccc3c2=O)C1. The summed E-state index contributed by atoms with van der Waals surface area (Å²) >= 11 is -0.478. The number of aryl methyl sites for hydroxylation is 1. The fraction of sp³-hybridized carbons (Fsp3) is 0.375. The van der Waals surface area contributed by atoms with Crippen LogP contribution in [0.5, 0.6) is 5.75 Å². The van der Waals surface area contributed by atoms with Gasteiger partial charge in [0.25, 0.3) is 10.1 Å². The van der Waals surface area contributed by atoms with Crippen LogP contribution in [0.3, 0.4) is 0 Å². The molecule has 5 rings (SSSR count). The van der Waals surface area contributed by atoms with Gasteiger partial charge in [-0.25, -0.2) is 0 Å². The third kappa shape index (κ3) is 5.16. The van der Waals surface area contributed by atoms with Crippen LogP contribution < -0.4 is 9.14 Å². The summed E-state index contributed by atoms with van der Waals surface area (Å²) in [4.78, 5) is 30.7. The van der Waals surface area contributed by atoms with Crippen molar-refractivity contribution in [3.8, 4) is 5.75 Å². The van der Waals surface area contributed by atoms with Crippen LogP contribution in [-0.4, -0.2) is 65.6 Å². The second-order valence-electron chi connectivity index (χ2n) is 9.15. The molecule has 2 atom stereocenters. The number of nitrogens with zero attached hydrogens (tertiary/aromatic N) is 2. The summed E-state index contributed by atoms with van der Waals surface area (Å²) in [6, 6.07) is 8.47. The molecule has 1 aliphatic heterocycles. The number of benzene rings is 2. The van der Waals surface area contributed by atoms with Crippen molar-refractivity contribution in [2.24, 2.45) is 10.9 Å². The van der Waals surface area contributed by atoms with E-state index in [2.05, 4.69) is 4.99 Å². The van der Waals surface area contributed by atoms with E-state index in [9.17, 15) is 28.2 Å². The first-order valence-corrected chi connectivity index (χ1v) is 17.0. The topological polar surface area (TPSA) is 135 Å². The number of aliphatic imine (C=N–C) groups is 1. The van der Waals surface area contributed by atoms with Crippen molar-refractivity contribution in [1.29, 1.82) is 0 Å². The zero-order valence-electron chi connectivity index (χ0n) is 19.4. The fourth-order valence-electron chi connectivity index (χ4n) is 4.86. The van der Waals surface area contributed by atoms with Gasteiger partial charge in [-0.3, -0.25) is 0 Å². The van der Waals surface area contributed by atoms with E-state index in [1.54, 1.807) is 28.2 Å². The van der Waals surface area contributed by atoms with Gasteiger partial charge in [0.15, 0.2) is 0 Å². The van der Waals surface area contributed by atoms with E-state index in [0.29, 0.717) is 46.3 Å². The van der Waals surface area contributed by atoms with Crippen molar-refractivity contribution in [2.45, 2.75) is 44.9 Å². The molecule has 2 N–H and O–H groups in total. The number of hydrogen-bond acceptors (Lipinski definition) is 9. The van der Waals surface area contributed by atoms with Gasteiger partial charge in [0, 0.05) is 0 Å². The van der Waals surface area contributed by atoms with Gasteiger partial charge in [-0.05, 0) is 0 Å². The summed E-state index contributed by atoms with van der Waals surface area (Å²) in [6.45, 7) is 0.274. The first-order chi connectivity index (χ1) is 17.1. The Labute approximate surface area is 221 Å². The quantitative estimate of drug-likeness (QED) is 0.299. The predicted octanol–water partition coefficient (Wildman–Crippen LogP) is 1.79. The van der Waals surface area contributed by atoms with Gasteiger partial charge in [0.05, 0.1) is 6.26 Å². The van der Waals surface area contributed by atoms with Gasteiger partial charge >= 0.3 is 198 Å². The van der Waals surface area contributed by atoms with Gasteiger partial charge in [0.2, 0.25) is 0 Å². The molecule has 0 saturated heterocycles. The summed E-state index contributed by atoms with van der Waals surface area (Å²) in [7, 11) is -3.48. The number of aliphatic hydroxyl groups is 1. The average Bonchev–Trinajstić information content (AvgIpc) is 3.39. The van der Waals surface area contributed by atoms with Crippen molar-refractivity contribution in [3.05, 3.63) is 51.8 Å². The molecule has 12 heteroatoms. The minimum absolute atomic E-state index is 0.0524. The molecule has 36 heavy (non-hydrogen) atoms. The molecule has 188 valence electrons. The number of carbonyl (C=O) groups is 1. The number of phenolic OH excluding ortho intramolecular Hbond substituents is 1. The number of carbonyl (C=O) groups excluding carboxylic acids is 1. The van der Waals surface area contributed by atoms with Gasteiger partial charge in [-0.1, -0.05) is 0 Å². The van der Waals surface area contributed by atoms with Crippen molar-refractivity contribution < 1.29 is 27.6 Å². The van der Waals surface area contributed by atoms with Gasteiger partial charge in [-0.15, -0.1) is 0 Å². The van der Waals surface area contributed by atoms with Crippen molar-refractivity contribution >= 4 is 71.7 Å². The fourth-order valence-corrected chi connectivity index (χ4v) is 9.82. The van der Waals surface area contributed by atoms with Crippen LogP contribution in [0.25, 0.3) is 10.1 Å². The summed E-state index contributed by atoms with van der Waals surface area (Å²) in [5.74, 6) is 0.211. The number of aromatic hydroxyl groups is 1. The predicted molar refractivity (Wildman–Crippen MR) is 138 cm³/mol. The zero-order chi connectivity index (χ0) is 25.6. The first-order valence-electron chi connectivity index (χ1n) is 11.5. The molecule has 1 aromatic heterocycles. The Kier molecular flexibility index (Phi) is 7.11. The molecular formula is C24H24N2O7S2Sn. The second-order valence-corrected chi connectivity index (χ2v) is 15.3. The van der Waals surface area contributed by atoms with Crippen molar-refractivity contribution in [2.75, 3.05) is 6.26 Å². The Morgan fingerprint density at radius 1 is 1.25 bits per heavy atom. The summed E-state index contributed by atoms with van der Waals surface area (Å²) < 4.78 is 31.0. The molecule has 3 aromatic rings.